The molecule has 0 fully saturated rings. The Morgan fingerprint density at radius 3 is 2.58 bits per heavy atom. The summed E-state index contributed by atoms with van der Waals surface area (Å²) in [6, 6.07) is 13.1. The van der Waals surface area contributed by atoms with Crippen LogP contribution in [0.2, 0.25) is 0 Å². The number of ether oxygens (including phenoxy) is 2. The minimum absolute atomic E-state index is 0.190. The van der Waals surface area contributed by atoms with E-state index in [1.165, 1.54) is 6.08 Å². The van der Waals surface area contributed by atoms with Crippen LogP contribution in [-0.2, 0) is 4.79 Å². The van der Waals surface area contributed by atoms with Gasteiger partial charge in [0, 0.05) is 11.8 Å². The molecule has 2 aromatic carbocycles. The Bertz CT molecular complexity index is 733. The number of rotatable bonds is 7. The third-order valence-corrected chi connectivity index (χ3v) is 3.29. The van der Waals surface area contributed by atoms with E-state index in [1.54, 1.807) is 25.3 Å². The number of carbonyl (C=O) groups excluding carboxylic acids is 1. The normalized spacial score (nSPS) is 10.4. The Morgan fingerprint density at radius 2 is 1.92 bits per heavy atom. The Hall–Kier alpha value is -3.01. The van der Waals surface area contributed by atoms with Crippen molar-refractivity contribution in [3.63, 3.8) is 0 Å². The van der Waals surface area contributed by atoms with Crippen LogP contribution < -0.4 is 14.8 Å². The Morgan fingerprint density at radius 1 is 1.17 bits per heavy atom. The highest BCUT2D eigenvalue weighted by Gasteiger charge is 2.04. The Labute approximate surface area is 142 Å². The topological polar surface area (TPSA) is 47.6 Å². The second-order valence-corrected chi connectivity index (χ2v) is 5.20. The van der Waals surface area contributed by atoms with Crippen molar-refractivity contribution in [2.45, 2.75) is 6.92 Å². The van der Waals surface area contributed by atoms with Crippen LogP contribution in [0.3, 0.4) is 0 Å². The molecule has 0 aliphatic heterocycles. The van der Waals surface area contributed by atoms with Crippen molar-refractivity contribution in [1.82, 2.24) is 0 Å². The van der Waals surface area contributed by atoms with Gasteiger partial charge in [-0.05, 0) is 42.8 Å². The van der Waals surface area contributed by atoms with Gasteiger partial charge in [-0.3, -0.25) is 4.79 Å². The summed E-state index contributed by atoms with van der Waals surface area (Å²) in [5.41, 5.74) is 2.76. The van der Waals surface area contributed by atoms with E-state index in [9.17, 15) is 4.79 Å². The zero-order chi connectivity index (χ0) is 17.4. The first kappa shape index (κ1) is 17.3. The molecular weight excluding hydrogens is 302 g/mol. The highest BCUT2D eigenvalue weighted by atomic mass is 16.5. The second kappa shape index (κ2) is 8.58. The third kappa shape index (κ3) is 5.02. The number of hydrogen-bond donors (Lipinski definition) is 1. The highest BCUT2D eigenvalue weighted by molar-refractivity contribution is 6.01. The third-order valence-electron chi connectivity index (χ3n) is 3.29. The lowest BCUT2D eigenvalue weighted by atomic mass is 10.2. The predicted octanol–water partition coefficient (Wildman–Crippen LogP) is 4.22. The summed E-state index contributed by atoms with van der Waals surface area (Å²) >= 11 is 0. The van der Waals surface area contributed by atoms with Crippen molar-refractivity contribution < 1.29 is 14.3 Å². The predicted molar refractivity (Wildman–Crippen MR) is 97.5 cm³/mol. The number of carbonyl (C=O) groups is 1. The Balaban J connectivity index is 2.03. The zero-order valence-electron chi connectivity index (χ0n) is 13.9. The molecule has 0 aromatic heterocycles. The van der Waals surface area contributed by atoms with Gasteiger partial charge in [-0.25, -0.2) is 0 Å². The lowest BCUT2D eigenvalue weighted by Gasteiger charge is -2.09. The van der Waals surface area contributed by atoms with E-state index in [4.69, 9.17) is 9.47 Å². The van der Waals surface area contributed by atoms with Crippen LogP contribution >= 0.6 is 0 Å². The summed E-state index contributed by atoms with van der Waals surface area (Å²) in [5, 5.41) is 2.81. The summed E-state index contributed by atoms with van der Waals surface area (Å²) in [6.45, 7) is 6.02. The highest BCUT2D eigenvalue weighted by Crippen LogP contribution is 2.28. The molecular formula is C20H21NO3. The number of amides is 1. The van der Waals surface area contributed by atoms with Gasteiger partial charge in [-0.1, -0.05) is 36.4 Å². The first-order valence-corrected chi connectivity index (χ1v) is 7.60. The number of methoxy groups -OCH3 is 1. The molecule has 1 amide bonds. The Kier molecular flexibility index (Phi) is 6.20. The molecule has 0 aliphatic rings. The van der Waals surface area contributed by atoms with Crippen LogP contribution in [0.15, 0.2) is 61.2 Å². The van der Waals surface area contributed by atoms with Gasteiger partial charge in [0.2, 0.25) is 5.91 Å². The molecule has 0 heterocycles. The lowest BCUT2D eigenvalue weighted by Crippen LogP contribution is -2.07. The molecule has 1 N–H and O–H groups in total. The molecule has 2 rings (SSSR count). The van der Waals surface area contributed by atoms with Crippen LogP contribution in [0.4, 0.5) is 5.69 Å². The van der Waals surface area contributed by atoms with E-state index in [0.29, 0.717) is 18.1 Å². The minimum atomic E-state index is -0.190. The molecule has 24 heavy (non-hydrogen) atoms. The summed E-state index contributed by atoms with van der Waals surface area (Å²) in [7, 11) is 1.58. The molecule has 0 radical (unpaired) electrons. The monoisotopic (exact) mass is 323 g/mol. The smallest absolute Gasteiger partial charge is 0.248 e. The number of anilines is 1. The fraction of sp³-hybridized carbons (Fsp3) is 0.150. The number of benzene rings is 2. The van der Waals surface area contributed by atoms with Crippen molar-refractivity contribution in [3.05, 3.63) is 72.3 Å². The summed E-state index contributed by atoms with van der Waals surface area (Å²) in [4.78, 5) is 12.0. The van der Waals surface area contributed by atoms with E-state index >= 15 is 0 Å². The van der Waals surface area contributed by atoms with E-state index in [2.05, 4.69) is 11.9 Å². The first-order valence-electron chi connectivity index (χ1n) is 7.60. The quantitative estimate of drug-likeness (QED) is 0.613. The van der Waals surface area contributed by atoms with E-state index < -0.39 is 0 Å². The van der Waals surface area contributed by atoms with Crippen molar-refractivity contribution in [2.75, 3.05) is 19.0 Å². The molecule has 0 atom stereocenters. The maximum Gasteiger partial charge on any atom is 0.248 e. The van der Waals surface area contributed by atoms with Gasteiger partial charge in [-0.15, -0.1) is 0 Å². The van der Waals surface area contributed by atoms with Crippen molar-refractivity contribution in [1.29, 1.82) is 0 Å². The largest absolute Gasteiger partial charge is 0.493 e. The average molecular weight is 323 g/mol. The van der Waals surface area contributed by atoms with Crippen LogP contribution in [-0.4, -0.2) is 19.6 Å². The first-order chi connectivity index (χ1) is 11.6. The van der Waals surface area contributed by atoms with Crippen molar-refractivity contribution in [3.8, 4) is 11.5 Å². The summed E-state index contributed by atoms with van der Waals surface area (Å²) < 4.78 is 10.8. The standard InChI is InChI=1S/C20H21NO3/c1-4-13-24-18-11-7-16(14-19(18)23-3)8-12-20(22)21-17-9-5-15(2)6-10-17/h4-12,14H,1,13H2,2-3H3,(H,21,22)/b12-8+. The van der Waals surface area contributed by atoms with E-state index in [-0.39, 0.29) is 5.91 Å². The number of hydrogen-bond acceptors (Lipinski definition) is 3. The summed E-state index contributed by atoms with van der Waals surface area (Å²) in [5.74, 6) is 1.06. The number of nitrogens with one attached hydrogen (secondary N) is 1. The van der Waals surface area contributed by atoms with Gasteiger partial charge in [0.25, 0.3) is 0 Å². The van der Waals surface area contributed by atoms with Gasteiger partial charge in [0.1, 0.15) is 6.61 Å². The lowest BCUT2D eigenvalue weighted by molar-refractivity contribution is -0.111. The van der Waals surface area contributed by atoms with Gasteiger partial charge < -0.3 is 14.8 Å². The molecule has 2 aromatic rings. The van der Waals surface area contributed by atoms with Gasteiger partial charge >= 0.3 is 0 Å². The maximum atomic E-state index is 12.0. The fourth-order valence-corrected chi connectivity index (χ4v) is 2.05. The van der Waals surface area contributed by atoms with Crippen molar-refractivity contribution in [2.24, 2.45) is 0 Å². The van der Waals surface area contributed by atoms with Crippen LogP contribution in [0.5, 0.6) is 11.5 Å². The minimum Gasteiger partial charge on any atom is -0.493 e. The van der Waals surface area contributed by atoms with Gasteiger partial charge in [0.15, 0.2) is 11.5 Å². The molecule has 0 aliphatic carbocycles. The zero-order valence-corrected chi connectivity index (χ0v) is 13.9. The van der Waals surface area contributed by atoms with Crippen molar-refractivity contribution >= 4 is 17.7 Å². The molecule has 4 nitrogen and oxygen atoms in total. The molecule has 0 bridgehead atoms. The number of aryl methyl sites for hydroxylation is 1. The van der Waals surface area contributed by atoms with Crippen LogP contribution in [0.1, 0.15) is 11.1 Å². The molecule has 0 spiro atoms. The van der Waals surface area contributed by atoms with Gasteiger partial charge in [-0.2, -0.15) is 0 Å². The van der Waals surface area contributed by atoms with Gasteiger partial charge in [0.05, 0.1) is 7.11 Å². The molecule has 0 saturated heterocycles. The molecule has 0 saturated carbocycles. The molecule has 4 heteroatoms. The SMILES string of the molecule is C=CCOc1ccc(/C=C/C(=O)Nc2ccc(C)cc2)cc1OC. The van der Waals surface area contributed by atoms with Crippen LogP contribution in [0.25, 0.3) is 6.08 Å². The fourth-order valence-electron chi connectivity index (χ4n) is 2.05. The molecule has 0 unspecified atom stereocenters. The van der Waals surface area contributed by atoms with Crippen LogP contribution in [0, 0.1) is 6.92 Å². The second-order valence-electron chi connectivity index (χ2n) is 5.20. The average Bonchev–Trinajstić information content (AvgIpc) is 2.60. The molecule has 124 valence electrons. The van der Waals surface area contributed by atoms with E-state index in [0.717, 1.165) is 16.8 Å². The maximum absolute atomic E-state index is 12.0. The van der Waals surface area contributed by atoms with E-state index in [1.807, 2.05) is 43.3 Å². The summed E-state index contributed by atoms with van der Waals surface area (Å²) in [6.07, 6.45) is 4.88.